The first-order valence-electron chi connectivity index (χ1n) is 3.77. The van der Waals surface area contributed by atoms with Gasteiger partial charge in [0.15, 0.2) is 0 Å². The Balaban J connectivity index is 0.000001000. The van der Waals surface area contributed by atoms with Crippen LogP contribution in [0.15, 0.2) is 24.3 Å². The largest absolute Gasteiger partial charge is 0.107 e. The summed E-state index contributed by atoms with van der Waals surface area (Å²) in [4.78, 5) is 0. The topological polar surface area (TPSA) is 0 Å². The van der Waals surface area contributed by atoms with Gasteiger partial charge in [-0.15, -0.1) is 24.0 Å². The lowest BCUT2D eigenvalue weighted by Crippen LogP contribution is -1.89. The highest BCUT2D eigenvalue weighted by Gasteiger charge is 1.99. The van der Waals surface area contributed by atoms with Crippen LogP contribution in [-0.4, -0.2) is 0 Å². The van der Waals surface area contributed by atoms with Crippen LogP contribution in [0.1, 0.15) is 30.9 Å². The van der Waals surface area contributed by atoms with Crippen LogP contribution in [-0.2, 0) is 0 Å². The minimum Gasteiger partial charge on any atom is -0.107 e. The van der Waals surface area contributed by atoms with Gasteiger partial charge in [-0.05, 0) is 24.0 Å². The molecule has 0 aromatic heterocycles. The molecule has 0 nitrogen and oxygen atoms in total. The quantitative estimate of drug-likeness (QED) is 0.676. The summed E-state index contributed by atoms with van der Waals surface area (Å²) in [5.74, 6) is 0.654. The molecule has 1 heteroatoms. The second-order valence-corrected chi connectivity index (χ2v) is 3.01. The molecule has 0 heterocycles. The first kappa shape index (κ1) is 11.0. The lowest BCUT2D eigenvalue weighted by atomic mass is 9.99. The van der Waals surface area contributed by atoms with Gasteiger partial charge >= 0.3 is 0 Å². The van der Waals surface area contributed by atoms with Crippen LogP contribution >= 0.6 is 24.0 Å². The Hall–Kier alpha value is -0.0500. The Kier molecular flexibility index (Phi) is 4.73. The van der Waals surface area contributed by atoms with Crippen molar-refractivity contribution in [3.05, 3.63) is 35.4 Å². The standard InChI is InChI=1S/C10H14.HI/c1-8(2)10-7-5-4-6-9(10)3;/h4-8H,1-3H3;1H. The van der Waals surface area contributed by atoms with Crippen molar-refractivity contribution in [2.75, 3.05) is 0 Å². The third kappa shape index (κ3) is 2.81. The maximum absolute atomic E-state index is 2.22. The molecule has 0 aliphatic rings. The van der Waals surface area contributed by atoms with Crippen molar-refractivity contribution in [1.82, 2.24) is 0 Å². The lowest BCUT2D eigenvalue weighted by Gasteiger charge is -2.07. The van der Waals surface area contributed by atoms with Gasteiger partial charge in [0.05, 0.1) is 0 Å². The van der Waals surface area contributed by atoms with Crippen LogP contribution in [0.2, 0.25) is 0 Å². The van der Waals surface area contributed by atoms with Crippen LogP contribution < -0.4 is 0 Å². The molecule has 0 spiro atoms. The van der Waals surface area contributed by atoms with Gasteiger partial charge in [-0.3, -0.25) is 0 Å². The smallest absolute Gasteiger partial charge is 0.0216 e. The summed E-state index contributed by atoms with van der Waals surface area (Å²) in [7, 11) is 0. The molecule has 1 aromatic rings. The van der Waals surface area contributed by atoms with Crippen molar-refractivity contribution in [1.29, 1.82) is 0 Å². The zero-order valence-electron chi connectivity index (χ0n) is 7.29. The van der Waals surface area contributed by atoms with Gasteiger partial charge in [-0.1, -0.05) is 38.1 Å². The Morgan fingerprint density at radius 2 is 1.64 bits per heavy atom. The first-order valence-corrected chi connectivity index (χ1v) is 3.77. The molecular formula is C10H15I. The fourth-order valence-electron chi connectivity index (χ4n) is 1.23. The highest BCUT2D eigenvalue weighted by atomic mass is 127. The summed E-state index contributed by atoms with van der Waals surface area (Å²) in [6, 6.07) is 8.54. The van der Waals surface area contributed by atoms with E-state index in [9.17, 15) is 0 Å². The molecule has 62 valence electrons. The predicted octanol–water partition coefficient (Wildman–Crippen LogP) is 3.74. The summed E-state index contributed by atoms with van der Waals surface area (Å²) < 4.78 is 0. The molecule has 0 N–H and O–H groups in total. The number of aryl methyl sites for hydroxylation is 1. The Bertz CT molecular complexity index is 216. The van der Waals surface area contributed by atoms with E-state index in [2.05, 4.69) is 45.0 Å². The molecule has 0 radical (unpaired) electrons. The molecule has 0 aliphatic carbocycles. The van der Waals surface area contributed by atoms with Gasteiger partial charge in [0.25, 0.3) is 0 Å². The summed E-state index contributed by atoms with van der Waals surface area (Å²) in [5.41, 5.74) is 2.86. The highest BCUT2D eigenvalue weighted by Crippen LogP contribution is 2.17. The van der Waals surface area contributed by atoms with E-state index < -0.39 is 0 Å². The Morgan fingerprint density at radius 1 is 1.09 bits per heavy atom. The zero-order chi connectivity index (χ0) is 7.56. The maximum atomic E-state index is 2.22. The Morgan fingerprint density at radius 3 is 2.00 bits per heavy atom. The van der Waals surface area contributed by atoms with Crippen LogP contribution in [0.25, 0.3) is 0 Å². The molecule has 1 aromatic carbocycles. The Labute approximate surface area is 86.0 Å². The molecule has 1 rings (SSSR count). The van der Waals surface area contributed by atoms with E-state index in [0.717, 1.165) is 0 Å². The number of benzene rings is 1. The third-order valence-corrected chi connectivity index (χ3v) is 1.81. The fraction of sp³-hybridized carbons (Fsp3) is 0.400. The van der Waals surface area contributed by atoms with Crippen molar-refractivity contribution in [3.8, 4) is 0 Å². The number of hydrogen-bond donors (Lipinski definition) is 0. The summed E-state index contributed by atoms with van der Waals surface area (Å²) >= 11 is 0. The SMILES string of the molecule is Cc1ccccc1C(C)C.I. The molecule has 0 fully saturated rings. The predicted molar refractivity (Wildman–Crippen MR) is 60.7 cm³/mol. The monoisotopic (exact) mass is 262 g/mol. The van der Waals surface area contributed by atoms with Crippen LogP contribution in [0, 0.1) is 6.92 Å². The molecule has 0 saturated carbocycles. The number of rotatable bonds is 1. The normalized spacial score (nSPS) is 9.45. The second-order valence-electron chi connectivity index (χ2n) is 3.01. The van der Waals surface area contributed by atoms with E-state index in [1.54, 1.807) is 0 Å². The molecule has 0 atom stereocenters. The molecule has 0 amide bonds. The van der Waals surface area contributed by atoms with E-state index in [1.165, 1.54) is 11.1 Å². The van der Waals surface area contributed by atoms with Crippen molar-refractivity contribution >= 4 is 24.0 Å². The van der Waals surface area contributed by atoms with Crippen molar-refractivity contribution in [3.63, 3.8) is 0 Å². The van der Waals surface area contributed by atoms with Gasteiger partial charge in [-0.25, -0.2) is 0 Å². The molecule has 0 bridgehead atoms. The maximum Gasteiger partial charge on any atom is -0.0216 e. The summed E-state index contributed by atoms with van der Waals surface area (Å²) in [6.07, 6.45) is 0. The minimum atomic E-state index is 0. The number of halogens is 1. The minimum absolute atomic E-state index is 0. The van der Waals surface area contributed by atoms with Crippen LogP contribution in [0.5, 0.6) is 0 Å². The molecular weight excluding hydrogens is 247 g/mol. The summed E-state index contributed by atoms with van der Waals surface area (Å²) in [5, 5.41) is 0. The van der Waals surface area contributed by atoms with Gasteiger partial charge < -0.3 is 0 Å². The molecule has 0 saturated heterocycles. The molecule has 0 unspecified atom stereocenters. The lowest BCUT2D eigenvalue weighted by molar-refractivity contribution is 0.856. The first-order chi connectivity index (χ1) is 4.72. The average molecular weight is 262 g/mol. The second kappa shape index (κ2) is 4.75. The van der Waals surface area contributed by atoms with Gasteiger partial charge in [0.2, 0.25) is 0 Å². The van der Waals surface area contributed by atoms with E-state index in [4.69, 9.17) is 0 Å². The average Bonchev–Trinajstić information content (AvgIpc) is 1.88. The van der Waals surface area contributed by atoms with Crippen molar-refractivity contribution in [2.45, 2.75) is 26.7 Å². The van der Waals surface area contributed by atoms with Gasteiger partial charge in [-0.2, -0.15) is 0 Å². The van der Waals surface area contributed by atoms with E-state index in [1.807, 2.05) is 0 Å². The summed E-state index contributed by atoms with van der Waals surface area (Å²) in [6.45, 7) is 6.61. The van der Waals surface area contributed by atoms with E-state index >= 15 is 0 Å². The third-order valence-electron chi connectivity index (χ3n) is 1.81. The van der Waals surface area contributed by atoms with Crippen molar-refractivity contribution < 1.29 is 0 Å². The van der Waals surface area contributed by atoms with Gasteiger partial charge in [0.1, 0.15) is 0 Å². The van der Waals surface area contributed by atoms with Gasteiger partial charge in [0, 0.05) is 0 Å². The number of hydrogen-bond acceptors (Lipinski definition) is 0. The van der Waals surface area contributed by atoms with Crippen LogP contribution in [0.4, 0.5) is 0 Å². The highest BCUT2D eigenvalue weighted by molar-refractivity contribution is 14.0. The van der Waals surface area contributed by atoms with Crippen LogP contribution in [0.3, 0.4) is 0 Å². The van der Waals surface area contributed by atoms with E-state index in [0.29, 0.717) is 5.92 Å². The van der Waals surface area contributed by atoms with E-state index in [-0.39, 0.29) is 24.0 Å². The zero-order valence-corrected chi connectivity index (χ0v) is 9.63. The molecule has 11 heavy (non-hydrogen) atoms. The van der Waals surface area contributed by atoms with Crippen molar-refractivity contribution in [2.24, 2.45) is 0 Å². The fourth-order valence-corrected chi connectivity index (χ4v) is 1.23. The molecule has 0 aliphatic heterocycles.